The molecule has 1 aromatic carbocycles. The van der Waals surface area contributed by atoms with Gasteiger partial charge in [-0.25, -0.2) is 0 Å². The van der Waals surface area contributed by atoms with E-state index < -0.39 is 29.8 Å². The van der Waals surface area contributed by atoms with E-state index in [1.54, 1.807) is 11.9 Å². The van der Waals surface area contributed by atoms with Gasteiger partial charge in [-0.3, -0.25) is 14.4 Å². The third-order valence-electron chi connectivity index (χ3n) is 7.98. The summed E-state index contributed by atoms with van der Waals surface area (Å²) in [5.41, 5.74) is 2.67. The summed E-state index contributed by atoms with van der Waals surface area (Å²) < 4.78 is 0. The molecule has 0 bridgehead atoms. The zero-order chi connectivity index (χ0) is 25.9. The van der Waals surface area contributed by atoms with Crippen molar-refractivity contribution in [2.45, 2.75) is 66.0 Å². The number of fused-ring (bicyclic) bond motifs is 1. The zero-order valence-corrected chi connectivity index (χ0v) is 21.9. The number of carbonyl (C=O) groups is 3. The molecule has 0 spiro atoms. The lowest BCUT2D eigenvalue weighted by molar-refractivity contribution is -0.143. The number of hydrogen-bond acceptors (Lipinski definition) is 4. The fourth-order valence-corrected chi connectivity index (χ4v) is 5.83. The third kappa shape index (κ3) is 5.15. The van der Waals surface area contributed by atoms with Gasteiger partial charge < -0.3 is 20.6 Å². The number of nitrogens with one attached hydrogen (secondary N) is 2. The Labute approximate surface area is 209 Å². The van der Waals surface area contributed by atoms with Crippen LogP contribution in [0.4, 0.5) is 5.69 Å². The van der Waals surface area contributed by atoms with Crippen molar-refractivity contribution in [1.29, 1.82) is 0 Å². The van der Waals surface area contributed by atoms with Crippen molar-refractivity contribution in [3.8, 4) is 0 Å². The van der Waals surface area contributed by atoms with E-state index in [-0.39, 0.29) is 36.2 Å². The van der Waals surface area contributed by atoms with Gasteiger partial charge in [-0.05, 0) is 49.3 Å². The van der Waals surface area contributed by atoms with Crippen LogP contribution in [0.3, 0.4) is 0 Å². The highest BCUT2D eigenvalue weighted by Gasteiger charge is 2.58. The Bertz CT molecular complexity index is 975. The lowest BCUT2D eigenvalue weighted by atomic mass is 9.68. The van der Waals surface area contributed by atoms with Gasteiger partial charge in [-0.15, -0.1) is 0 Å². The van der Waals surface area contributed by atoms with Crippen LogP contribution in [-0.4, -0.2) is 53.5 Å². The van der Waals surface area contributed by atoms with Gasteiger partial charge in [0.15, 0.2) is 0 Å². The second-order valence-corrected chi connectivity index (χ2v) is 10.2. The van der Waals surface area contributed by atoms with Crippen LogP contribution in [0, 0.1) is 43.4 Å². The van der Waals surface area contributed by atoms with E-state index >= 15 is 0 Å². The van der Waals surface area contributed by atoms with E-state index in [1.165, 1.54) is 0 Å². The maximum Gasteiger partial charge on any atom is 0.247 e. The monoisotopic (exact) mass is 483 g/mol. The van der Waals surface area contributed by atoms with E-state index in [4.69, 9.17) is 0 Å². The minimum Gasteiger partial charge on any atom is -0.394 e. The Morgan fingerprint density at radius 1 is 1.14 bits per heavy atom. The summed E-state index contributed by atoms with van der Waals surface area (Å²) in [5, 5.41) is 16.2. The van der Waals surface area contributed by atoms with Crippen molar-refractivity contribution in [2.24, 2.45) is 29.6 Å². The fourth-order valence-electron chi connectivity index (χ4n) is 5.83. The first-order valence-corrected chi connectivity index (χ1v) is 12.9. The second kappa shape index (κ2) is 11.4. The molecule has 35 heavy (non-hydrogen) atoms. The first kappa shape index (κ1) is 26.9. The van der Waals surface area contributed by atoms with Crippen LogP contribution in [-0.2, 0) is 14.4 Å². The van der Waals surface area contributed by atoms with Crippen molar-refractivity contribution in [3.63, 3.8) is 0 Å². The molecular weight excluding hydrogens is 442 g/mol. The van der Waals surface area contributed by atoms with E-state index in [1.807, 2.05) is 58.0 Å². The summed E-state index contributed by atoms with van der Waals surface area (Å²) in [4.78, 5) is 42.6. The van der Waals surface area contributed by atoms with Gasteiger partial charge >= 0.3 is 0 Å². The highest BCUT2D eigenvalue weighted by Crippen LogP contribution is 2.46. The van der Waals surface area contributed by atoms with E-state index in [2.05, 4.69) is 17.6 Å². The number of aryl methyl sites for hydroxylation is 2. The molecule has 7 nitrogen and oxygen atoms in total. The van der Waals surface area contributed by atoms with Crippen molar-refractivity contribution in [2.75, 3.05) is 19.0 Å². The predicted octanol–water partition coefficient (Wildman–Crippen LogP) is 3.44. The van der Waals surface area contributed by atoms with Crippen molar-refractivity contribution in [3.05, 3.63) is 41.5 Å². The number of likely N-dealkylation sites (tertiary alicyclic amines) is 1. The summed E-state index contributed by atoms with van der Waals surface area (Å²) in [6.07, 6.45) is 6.43. The van der Waals surface area contributed by atoms with Crippen LogP contribution in [0.1, 0.15) is 51.2 Å². The van der Waals surface area contributed by atoms with Crippen LogP contribution in [0.5, 0.6) is 0 Å². The number of carbonyl (C=O) groups excluding carboxylic acids is 3. The number of aliphatic hydroxyl groups excluding tert-OH is 1. The molecule has 0 aromatic heterocycles. The summed E-state index contributed by atoms with van der Waals surface area (Å²) in [5.74, 6) is -2.36. The van der Waals surface area contributed by atoms with Crippen LogP contribution < -0.4 is 10.6 Å². The summed E-state index contributed by atoms with van der Waals surface area (Å²) in [7, 11) is 1.59. The molecule has 3 rings (SSSR count). The maximum atomic E-state index is 14.1. The summed E-state index contributed by atoms with van der Waals surface area (Å²) in [6, 6.07) is 4.56. The van der Waals surface area contributed by atoms with E-state index in [0.717, 1.165) is 30.4 Å². The molecule has 7 heteroatoms. The molecule has 1 saturated heterocycles. The minimum absolute atomic E-state index is 0.00558. The predicted molar refractivity (Wildman–Crippen MR) is 138 cm³/mol. The van der Waals surface area contributed by atoms with E-state index in [0.29, 0.717) is 5.69 Å². The lowest BCUT2D eigenvalue weighted by Gasteiger charge is -2.36. The standard InChI is InChI=1S/C28H41N3O4/c1-7-9-19-12-13-20-24(23(19)26(33)29-6)28(35)31(22(15-32)17(4)8-2)25(20)27(34)30-21-14-16(3)10-11-18(21)5/h10-14,17,19-20,22-25,32H,7-9,15H2,1-6H3,(H,29,33)(H,30,34)/t17-,19+,20-,22-,23+,24+,25-/m0/s1. The number of anilines is 1. The Morgan fingerprint density at radius 3 is 2.46 bits per heavy atom. The molecule has 1 heterocycles. The molecular formula is C28H41N3O4. The first-order chi connectivity index (χ1) is 16.7. The number of aliphatic hydroxyl groups is 1. The Kier molecular flexibility index (Phi) is 8.75. The number of benzene rings is 1. The highest BCUT2D eigenvalue weighted by molar-refractivity contribution is 6.02. The molecule has 1 fully saturated rings. The zero-order valence-electron chi connectivity index (χ0n) is 21.9. The molecule has 192 valence electrons. The fraction of sp³-hybridized carbons (Fsp3) is 0.607. The normalized spacial score (nSPS) is 27.3. The van der Waals surface area contributed by atoms with Crippen LogP contribution in [0.2, 0.25) is 0 Å². The molecule has 0 saturated carbocycles. The molecule has 0 unspecified atom stereocenters. The van der Waals surface area contributed by atoms with Gasteiger partial charge in [-0.1, -0.05) is 57.9 Å². The van der Waals surface area contributed by atoms with Gasteiger partial charge in [0.1, 0.15) is 6.04 Å². The third-order valence-corrected chi connectivity index (χ3v) is 7.98. The first-order valence-electron chi connectivity index (χ1n) is 12.9. The Hall–Kier alpha value is -2.67. The van der Waals surface area contributed by atoms with Crippen molar-refractivity contribution < 1.29 is 19.5 Å². The maximum absolute atomic E-state index is 14.1. The quantitative estimate of drug-likeness (QED) is 0.469. The van der Waals surface area contributed by atoms with Gasteiger partial charge in [0.05, 0.1) is 24.5 Å². The number of hydrogen-bond donors (Lipinski definition) is 3. The molecule has 3 N–H and O–H groups in total. The summed E-state index contributed by atoms with van der Waals surface area (Å²) in [6.45, 7) is 9.73. The number of nitrogens with zero attached hydrogens (tertiary/aromatic N) is 1. The molecule has 1 aliphatic carbocycles. The van der Waals surface area contributed by atoms with Crippen molar-refractivity contribution in [1.82, 2.24) is 10.2 Å². The molecule has 3 amide bonds. The van der Waals surface area contributed by atoms with Crippen LogP contribution in [0.25, 0.3) is 0 Å². The van der Waals surface area contributed by atoms with Crippen LogP contribution >= 0.6 is 0 Å². The lowest BCUT2D eigenvalue weighted by Crippen LogP contribution is -2.52. The van der Waals surface area contributed by atoms with Gasteiger partial charge in [0.2, 0.25) is 17.7 Å². The number of allylic oxidation sites excluding steroid dienone is 1. The van der Waals surface area contributed by atoms with Crippen molar-refractivity contribution >= 4 is 23.4 Å². The average molecular weight is 484 g/mol. The van der Waals surface area contributed by atoms with Crippen LogP contribution in [0.15, 0.2) is 30.4 Å². The minimum atomic E-state index is -0.801. The highest BCUT2D eigenvalue weighted by atomic mass is 16.3. The Morgan fingerprint density at radius 2 is 1.86 bits per heavy atom. The number of rotatable bonds is 9. The topological polar surface area (TPSA) is 98.7 Å². The smallest absolute Gasteiger partial charge is 0.247 e. The molecule has 2 aliphatic rings. The van der Waals surface area contributed by atoms with Gasteiger partial charge in [0, 0.05) is 18.7 Å². The average Bonchev–Trinajstić information content (AvgIpc) is 3.13. The molecule has 1 aromatic rings. The molecule has 0 radical (unpaired) electrons. The second-order valence-electron chi connectivity index (χ2n) is 10.2. The molecule has 1 aliphatic heterocycles. The van der Waals surface area contributed by atoms with Gasteiger partial charge in [0.25, 0.3) is 0 Å². The van der Waals surface area contributed by atoms with E-state index in [9.17, 15) is 19.5 Å². The largest absolute Gasteiger partial charge is 0.394 e. The summed E-state index contributed by atoms with van der Waals surface area (Å²) >= 11 is 0. The molecule has 7 atom stereocenters. The Balaban J connectivity index is 2.09. The number of amides is 3. The SMILES string of the molecule is CCC[C@@H]1C=C[C@H]2[C@@H](C(=O)N([C@@H](CO)[C@@H](C)CC)[C@@H]2C(=O)Nc2cc(C)ccc2C)[C@@H]1C(=O)NC. The van der Waals surface area contributed by atoms with Gasteiger partial charge in [-0.2, -0.15) is 0 Å².